The van der Waals surface area contributed by atoms with Crippen LogP contribution < -0.4 is 0 Å². The maximum absolute atomic E-state index is 11.5. The second-order valence-corrected chi connectivity index (χ2v) is 3.63. The van der Waals surface area contributed by atoms with Crippen LogP contribution in [0.3, 0.4) is 0 Å². The molecule has 0 aromatic rings. The Hall–Kier alpha value is -1.84. The number of carboxylic acid groups (broad SMARTS) is 1. The minimum Gasteiger partial charge on any atom is -0.481 e. The molecular formula is C14H20O4. The first-order valence-corrected chi connectivity index (χ1v) is 5.94. The van der Waals surface area contributed by atoms with Crippen LogP contribution in [-0.4, -0.2) is 23.7 Å². The van der Waals surface area contributed by atoms with Crippen LogP contribution in [0.1, 0.15) is 26.7 Å². The number of esters is 1. The molecule has 18 heavy (non-hydrogen) atoms. The van der Waals surface area contributed by atoms with Crippen LogP contribution in [0.5, 0.6) is 0 Å². The van der Waals surface area contributed by atoms with E-state index in [0.29, 0.717) is 0 Å². The molecule has 0 heterocycles. The van der Waals surface area contributed by atoms with Crippen molar-refractivity contribution in [3.8, 4) is 0 Å². The fourth-order valence-corrected chi connectivity index (χ4v) is 1.36. The molecule has 4 heteroatoms. The van der Waals surface area contributed by atoms with E-state index in [0.717, 1.165) is 12.0 Å². The molecule has 0 fully saturated rings. The number of ether oxygens (including phenoxy) is 1. The third-order valence-electron chi connectivity index (χ3n) is 2.21. The summed E-state index contributed by atoms with van der Waals surface area (Å²) >= 11 is 0. The van der Waals surface area contributed by atoms with Crippen molar-refractivity contribution in [2.45, 2.75) is 26.7 Å². The van der Waals surface area contributed by atoms with Crippen molar-refractivity contribution in [3.63, 3.8) is 0 Å². The number of hydrogen-bond acceptors (Lipinski definition) is 3. The Kier molecular flexibility index (Phi) is 8.27. The predicted octanol–water partition coefficient (Wildman–Crippen LogP) is 2.72. The SMILES string of the molecule is C=C/C=C(\C=C/CC)CC(C(=O)O)C(=O)OCC. The summed E-state index contributed by atoms with van der Waals surface area (Å²) in [5.41, 5.74) is 0.743. The number of allylic oxidation sites excluding steroid dienone is 5. The molecule has 100 valence electrons. The third kappa shape index (κ3) is 6.03. The number of rotatable bonds is 8. The zero-order valence-electron chi connectivity index (χ0n) is 10.9. The highest BCUT2D eigenvalue weighted by Crippen LogP contribution is 2.16. The van der Waals surface area contributed by atoms with Crippen LogP contribution in [0.25, 0.3) is 0 Å². The Morgan fingerprint density at radius 1 is 1.39 bits per heavy atom. The molecule has 1 N–H and O–H groups in total. The molecule has 1 atom stereocenters. The van der Waals surface area contributed by atoms with Crippen LogP contribution in [0, 0.1) is 5.92 Å². The molecule has 0 spiro atoms. The summed E-state index contributed by atoms with van der Waals surface area (Å²) in [6, 6.07) is 0. The van der Waals surface area contributed by atoms with Crippen molar-refractivity contribution in [1.82, 2.24) is 0 Å². The van der Waals surface area contributed by atoms with E-state index in [1.807, 2.05) is 13.0 Å². The zero-order valence-corrected chi connectivity index (χ0v) is 10.9. The van der Waals surface area contributed by atoms with Gasteiger partial charge in [0, 0.05) is 0 Å². The zero-order chi connectivity index (χ0) is 14.0. The molecule has 0 aromatic heterocycles. The van der Waals surface area contributed by atoms with Gasteiger partial charge in [-0.2, -0.15) is 0 Å². The van der Waals surface area contributed by atoms with Gasteiger partial charge in [-0.05, 0) is 25.3 Å². The van der Waals surface area contributed by atoms with Gasteiger partial charge in [0.25, 0.3) is 0 Å². The summed E-state index contributed by atoms with van der Waals surface area (Å²) in [4.78, 5) is 22.6. The number of carbonyl (C=O) groups excluding carboxylic acids is 1. The molecule has 0 saturated heterocycles. The highest BCUT2D eigenvalue weighted by Gasteiger charge is 2.27. The lowest BCUT2D eigenvalue weighted by Gasteiger charge is -2.11. The van der Waals surface area contributed by atoms with Crippen LogP contribution in [-0.2, 0) is 14.3 Å². The van der Waals surface area contributed by atoms with E-state index < -0.39 is 17.9 Å². The Bertz CT molecular complexity index is 353. The molecule has 0 bridgehead atoms. The standard InChI is InChI=1S/C14H20O4/c1-4-7-9-11(8-5-2)10-12(13(15)16)14(17)18-6-3/h5,7-9,12H,2,4,6,10H2,1,3H3,(H,15,16)/b9-7-,11-8+. The second-order valence-electron chi connectivity index (χ2n) is 3.63. The Labute approximate surface area is 108 Å². The van der Waals surface area contributed by atoms with E-state index in [4.69, 9.17) is 9.84 Å². The van der Waals surface area contributed by atoms with Gasteiger partial charge in [-0.1, -0.05) is 37.8 Å². The van der Waals surface area contributed by atoms with E-state index >= 15 is 0 Å². The summed E-state index contributed by atoms with van der Waals surface area (Å²) in [6.45, 7) is 7.36. The first-order chi connectivity index (χ1) is 8.56. The summed E-state index contributed by atoms with van der Waals surface area (Å²) in [5, 5.41) is 9.03. The van der Waals surface area contributed by atoms with Crippen molar-refractivity contribution in [1.29, 1.82) is 0 Å². The lowest BCUT2D eigenvalue weighted by molar-refractivity contribution is -0.158. The van der Waals surface area contributed by atoms with Gasteiger partial charge in [0.15, 0.2) is 5.92 Å². The van der Waals surface area contributed by atoms with Crippen molar-refractivity contribution in [3.05, 3.63) is 36.5 Å². The van der Waals surface area contributed by atoms with Gasteiger partial charge >= 0.3 is 11.9 Å². The maximum atomic E-state index is 11.5. The van der Waals surface area contributed by atoms with Crippen LogP contribution in [0.4, 0.5) is 0 Å². The Morgan fingerprint density at radius 2 is 2.06 bits per heavy atom. The van der Waals surface area contributed by atoms with Gasteiger partial charge in [-0.3, -0.25) is 9.59 Å². The average molecular weight is 252 g/mol. The van der Waals surface area contributed by atoms with Gasteiger partial charge in [0.2, 0.25) is 0 Å². The molecular weight excluding hydrogens is 232 g/mol. The molecule has 0 rings (SSSR count). The fourth-order valence-electron chi connectivity index (χ4n) is 1.36. The first-order valence-electron chi connectivity index (χ1n) is 5.94. The molecule has 0 aliphatic rings. The summed E-state index contributed by atoms with van der Waals surface area (Å²) in [5.74, 6) is -3.05. The average Bonchev–Trinajstić information content (AvgIpc) is 2.32. The quantitative estimate of drug-likeness (QED) is 0.410. The molecule has 1 unspecified atom stereocenters. The number of carbonyl (C=O) groups is 2. The first kappa shape index (κ1) is 16.2. The van der Waals surface area contributed by atoms with E-state index in [1.165, 1.54) is 0 Å². The van der Waals surface area contributed by atoms with Gasteiger partial charge in [-0.25, -0.2) is 0 Å². The van der Waals surface area contributed by atoms with E-state index in [9.17, 15) is 9.59 Å². The van der Waals surface area contributed by atoms with Crippen molar-refractivity contribution < 1.29 is 19.4 Å². The predicted molar refractivity (Wildman–Crippen MR) is 70.1 cm³/mol. The molecule has 0 amide bonds. The highest BCUT2D eigenvalue weighted by atomic mass is 16.5. The lowest BCUT2D eigenvalue weighted by Crippen LogP contribution is -2.26. The maximum Gasteiger partial charge on any atom is 0.320 e. The van der Waals surface area contributed by atoms with Gasteiger partial charge in [0.1, 0.15) is 0 Å². The van der Waals surface area contributed by atoms with E-state index in [2.05, 4.69) is 6.58 Å². The van der Waals surface area contributed by atoms with E-state index in [1.54, 1.807) is 25.2 Å². The van der Waals surface area contributed by atoms with Crippen molar-refractivity contribution in [2.75, 3.05) is 6.61 Å². The van der Waals surface area contributed by atoms with Gasteiger partial charge < -0.3 is 9.84 Å². The summed E-state index contributed by atoms with van der Waals surface area (Å²) in [6.07, 6.45) is 7.92. The summed E-state index contributed by atoms with van der Waals surface area (Å²) in [7, 11) is 0. The van der Waals surface area contributed by atoms with Gasteiger partial charge in [0.05, 0.1) is 6.61 Å². The van der Waals surface area contributed by atoms with Crippen LogP contribution >= 0.6 is 0 Å². The highest BCUT2D eigenvalue weighted by molar-refractivity contribution is 5.94. The molecule has 0 aromatic carbocycles. The lowest BCUT2D eigenvalue weighted by atomic mass is 9.98. The largest absolute Gasteiger partial charge is 0.481 e. The third-order valence-corrected chi connectivity index (χ3v) is 2.21. The molecule has 0 saturated carbocycles. The monoisotopic (exact) mass is 252 g/mol. The molecule has 0 aliphatic heterocycles. The number of aliphatic carboxylic acids is 1. The Balaban J connectivity index is 4.88. The molecule has 4 nitrogen and oxygen atoms in total. The van der Waals surface area contributed by atoms with Gasteiger partial charge in [-0.15, -0.1) is 0 Å². The number of carboxylic acids is 1. The fraction of sp³-hybridized carbons (Fsp3) is 0.429. The minimum atomic E-state index is -1.17. The molecule has 0 radical (unpaired) electrons. The molecule has 0 aliphatic carbocycles. The van der Waals surface area contributed by atoms with Crippen molar-refractivity contribution >= 4 is 11.9 Å². The van der Waals surface area contributed by atoms with E-state index in [-0.39, 0.29) is 13.0 Å². The summed E-state index contributed by atoms with van der Waals surface area (Å²) < 4.78 is 4.75. The van der Waals surface area contributed by atoms with Crippen molar-refractivity contribution in [2.24, 2.45) is 5.92 Å². The number of hydrogen-bond donors (Lipinski definition) is 1. The topological polar surface area (TPSA) is 63.6 Å². The Morgan fingerprint density at radius 3 is 2.50 bits per heavy atom. The van der Waals surface area contributed by atoms with Crippen LogP contribution in [0.2, 0.25) is 0 Å². The minimum absolute atomic E-state index is 0.108. The normalized spacial score (nSPS) is 13.3. The smallest absolute Gasteiger partial charge is 0.320 e. The van der Waals surface area contributed by atoms with Crippen LogP contribution in [0.15, 0.2) is 36.5 Å². The second kappa shape index (κ2) is 9.22.